The van der Waals surface area contributed by atoms with Crippen LogP contribution in [0.5, 0.6) is 5.75 Å². The number of piperazine rings is 1. The topological polar surface area (TPSA) is 71.7 Å². The quantitative estimate of drug-likeness (QED) is 0.520. The zero-order valence-corrected chi connectivity index (χ0v) is 18.5. The molecule has 2 heterocycles. The van der Waals surface area contributed by atoms with Crippen molar-refractivity contribution in [3.8, 4) is 5.75 Å². The lowest BCUT2D eigenvalue weighted by Gasteiger charge is -2.37. The maximum Gasteiger partial charge on any atom is 0.277 e. The van der Waals surface area contributed by atoms with Gasteiger partial charge in [0.1, 0.15) is 5.75 Å². The SMILES string of the molecule is Cc1ccc(OCc2nnc(SC(C)C(=O)N3CCN(c4ccccc4)CC3)o2)cc1. The minimum atomic E-state index is -0.297. The van der Waals surface area contributed by atoms with Crippen molar-refractivity contribution in [3.05, 3.63) is 66.1 Å². The molecule has 1 fully saturated rings. The monoisotopic (exact) mass is 438 g/mol. The van der Waals surface area contributed by atoms with E-state index in [0.717, 1.165) is 18.8 Å². The first-order valence-electron chi connectivity index (χ1n) is 10.4. The van der Waals surface area contributed by atoms with Gasteiger partial charge in [-0.05, 0) is 38.1 Å². The van der Waals surface area contributed by atoms with Crippen LogP contribution in [0.3, 0.4) is 0 Å². The van der Waals surface area contributed by atoms with Gasteiger partial charge in [-0.15, -0.1) is 10.2 Å². The number of ether oxygens (including phenoxy) is 1. The van der Waals surface area contributed by atoms with Crippen LogP contribution in [0.1, 0.15) is 18.4 Å². The van der Waals surface area contributed by atoms with Crippen molar-refractivity contribution in [1.29, 1.82) is 0 Å². The standard InChI is InChI=1S/C23H26N4O3S/c1-17-8-10-20(11-9-17)29-16-21-24-25-23(30-21)31-18(2)22(28)27-14-12-26(13-15-27)19-6-4-3-5-7-19/h3-11,18H,12-16H2,1-2H3. The summed E-state index contributed by atoms with van der Waals surface area (Å²) in [4.78, 5) is 17.1. The van der Waals surface area contributed by atoms with Crippen LogP contribution in [-0.2, 0) is 11.4 Å². The first-order valence-corrected chi connectivity index (χ1v) is 11.2. The molecule has 3 aromatic rings. The number of rotatable bonds is 7. The number of nitrogens with zero attached hydrogens (tertiary/aromatic N) is 4. The molecular formula is C23H26N4O3S. The Kier molecular flexibility index (Phi) is 6.76. The van der Waals surface area contributed by atoms with Crippen molar-refractivity contribution in [1.82, 2.24) is 15.1 Å². The van der Waals surface area contributed by atoms with Crippen LogP contribution >= 0.6 is 11.8 Å². The molecule has 1 aromatic heterocycles. The molecule has 1 amide bonds. The van der Waals surface area contributed by atoms with Gasteiger partial charge >= 0.3 is 0 Å². The zero-order chi connectivity index (χ0) is 21.6. The van der Waals surface area contributed by atoms with E-state index in [1.807, 2.05) is 61.2 Å². The van der Waals surface area contributed by atoms with Crippen molar-refractivity contribution in [2.75, 3.05) is 31.1 Å². The van der Waals surface area contributed by atoms with Crippen molar-refractivity contribution in [2.24, 2.45) is 0 Å². The molecule has 1 aliphatic heterocycles. The fourth-order valence-corrected chi connectivity index (χ4v) is 4.19. The minimum Gasteiger partial charge on any atom is -0.484 e. The number of thioether (sulfide) groups is 1. The van der Waals surface area contributed by atoms with Crippen LogP contribution in [-0.4, -0.2) is 52.4 Å². The average molecular weight is 439 g/mol. The van der Waals surface area contributed by atoms with E-state index < -0.39 is 0 Å². The highest BCUT2D eigenvalue weighted by atomic mass is 32.2. The number of hydrogen-bond acceptors (Lipinski definition) is 7. The Morgan fingerprint density at radius 2 is 1.77 bits per heavy atom. The van der Waals surface area contributed by atoms with E-state index >= 15 is 0 Å². The Hall–Kier alpha value is -3.00. The van der Waals surface area contributed by atoms with Crippen LogP contribution in [0, 0.1) is 6.92 Å². The molecule has 8 heteroatoms. The predicted molar refractivity (Wildman–Crippen MR) is 120 cm³/mol. The van der Waals surface area contributed by atoms with Gasteiger partial charge in [-0.25, -0.2) is 0 Å². The molecule has 4 rings (SSSR count). The van der Waals surface area contributed by atoms with Crippen LogP contribution in [0.2, 0.25) is 0 Å². The van der Waals surface area contributed by atoms with Crippen molar-refractivity contribution >= 4 is 23.4 Å². The van der Waals surface area contributed by atoms with Gasteiger partial charge in [-0.3, -0.25) is 4.79 Å². The van der Waals surface area contributed by atoms with Crippen LogP contribution in [0.15, 0.2) is 64.2 Å². The van der Waals surface area contributed by atoms with Crippen molar-refractivity contribution in [3.63, 3.8) is 0 Å². The summed E-state index contributed by atoms with van der Waals surface area (Å²) in [7, 11) is 0. The van der Waals surface area contributed by atoms with Gasteiger partial charge < -0.3 is 19.0 Å². The van der Waals surface area contributed by atoms with Gasteiger partial charge in [0.15, 0.2) is 6.61 Å². The van der Waals surface area contributed by atoms with Gasteiger partial charge in [0.05, 0.1) is 5.25 Å². The molecule has 1 atom stereocenters. The fourth-order valence-electron chi connectivity index (χ4n) is 3.41. The average Bonchev–Trinajstić information content (AvgIpc) is 3.26. The molecule has 0 bridgehead atoms. The molecule has 0 N–H and O–H groups in total. The lowest BCUT2D eigenvalue weighted by atomic mass is 10.2. The van der Waals surface area contributed by atoms with E-state index in [2.05, 4.69) is 27.2 Å². The molecule has 0 spiro atoms. The summed E-state index contributed by atoms with van der Waals surface area (Å²) in [5.41, 5.74) is 2.37. The molecule has 0 saturated carbocycles. The van der Waals surface area contributed by atoms with E-state index in [0.29, 0.717) is 24.2 Å². The third-order valence-electron chi connectivity index (χ3n) is 5.17. The minimum absolute atomic E-state index is 0.0911. The maximum absolute atomic E-state index is 12.9. The summed E-state index contributed by atoms with van der Waals surface area (Å²) in [6.07, 6.45) is 0. The number of hydrogen-bond donors (Lipinski definition) is 0. The molecule has 7 nitrogen and oxygen atoms in total. The molecule has 1 unspecified atom stereocenters. The third-order valence-corrected chi connectivity index (χ3v) is 6.09. The number of carbonyl (C=O) groups is 1. The molecule has 31 heavy (non-hydrogen) atoms. The van der Waals surface area contributed by atoms with Gasteiger partial charge in [0.2, 0.25) is 5.91 Å². The molecule has 0 radical (unpaired) electrons. The summed E-state index contributed by atoms with van der Waals surface area (Å²) in [5, 5.41) is 8.16. The predicted octanol–water partition coefficient (Wildman–Crippen LogP) is 3.79. The van der Waals surface area contributed by atoms with Gasteiger partial charge in [0.25, 0.3) is 11.1 Å². The van der Waals surface area contributed by atoms with E-state index in [-0.39, 0.29) is 17.8 Å². The highest BCUT2D eigenvalue weighted by Crippen LogP contribution is 2.25. The van der Waals surface area contributed by atoms with Crippen LogP contribution < -0.4 is 9.64 Å². The molecule has 1 aliphatic rings. The first kappa shape index (κ1) is 21.2. The fraction of sp³-hybridized carbons (Fsp3) is 0.348. The number of benzene rings is 2. The Morgan fingerprint density at radius 1 is 1.06 bits per heavy atom. The Bertz CT molecular complexity index is 986. The molecule has 2 aromatic carbocycles. The first-order chi connectivity index (χ1) is 15.1. The zero-order valence-electron chi connectivity index (χ0n) is 17.7. The smallest absolute Gasteiger partial charge is 0.277 e. The third kappa shape index (κ3) is 5.58. The van der Waals surface area contributed by atoms with E-state index in [1.54, 1.807) is 0 Å². The summed E-state index contributed by atoms with van der Waals surface area (Å²) in [6.45, 7) is 7.17. The van der Waals surface area contributed by atoms with Crippen molar-refractivity contribution < 1.29 is 13.9 Å². The number of aryl methyl sites for hydroxylation is 1. The molecular weight excluding hydrogens is 412 g/mol. The lowest BCUT2D eigenvalue weighted by molar-refractivity contribution is -0.130. The Balaban J connectivity index is 1.25. The number of para-hydroxylation sites is 1. The summed E-state index contributed by atoms with van der Waals surface area (Å²) < 4.78 is 11.3. The summed E-state index contributed by atoms with van der Waals surface area (Å²) in [6, 6.07) is 18.1. The van der Waals surface area contributed by atoms with Crippen molar-refractivity contribution in [2.45, 2.75) is 30.9 Å². The number of anilines is 1. The summed E-state index contributed by atoms with van der Waals surface area (Å²) >= 11 is 1.29. The number of amides is 1. The highest BCUT2D eigenvalue weighted by Gasteiger charge is 2.27. The Morgan fingerprint density at radius 3 is 2.48 bits per heavy atom. The maximum atomic E-state index is 12.9. The Labute approximate surface area is 186 Å². The normalized spacial score (nSPS) is 15.0. The molecule has 0 aliphatic carbocycles. The van der Waals surface area contributed by atoms with Gasteiger partial charge in [0, 0.05) is 31.9 Å². The second kappa shape index (κ2) is 9.87. The second-order valence-corrected chi connectivity index (χ2v) is 8.76. The van der Waals surface area contributed by atoms with Gasteiger partial charge in [-0.2, -0.15) is 0 Å². The van der Waals surface area contributed by atoms with Crippen LogP contribution in [0.25, 0.3) is 0 Å². The largest absolute Gasteiger partial charge is 0.484 e. The van der Waals surface area contributed by atoms with Gasteiger partial charge in [-0.1, -0.05) is 47.7 Å². The van der Waals surface area contributed by atoms with E-state index in [4.69, 9.17) is 9.15 Å². The van der Waals surface area contributed by atoms with E-state index in [9.17, 15) is 4.79 Å². The second-order valence-electron chi connectivity index (χ2n) is 7.47. The number of aromatic nitrogens is 2. The summed E-state index contributed by atoms with van der Waals surface area (Å²) in [5.74, 6) is 1.23. The molecule has 162 valence electrons. The number of carbonyl (C=O) groups excluding carboxylic acids is 1. The van der Waals surface area contributed by atoms with Crippen LogP contribution in [0.4, 0.5) is 5.69 Å². The highest BCUT2D eigenvalue weighted by molar-refractivity contribution is 8.00. The molecule has 1 saturated heterocycles. The van der Waals surface area contributed by atoms with E-state index in [1.165, 1.54) is 23.0 Å². The lowest BCUT2D eigenvalue weighted by Crippen LogP contribution is -2.50.